The molecular weight excluding hydrogens is 314 g/mol. The Bertz CT molecular complexity index is 585. The second kappa shape index (κ2) is 7.64. The van der Waals surface area contributed by atoms with Gasteiger partial charge in [0.15, 0.2) is 0 Å². The average molecular weight is 356 g/mol. The maximum Gasteiger partial charge on any atom is 0.0360 e. The summed E-state index contributed by atoms with van der Waals surface area (Å²) in [6.07, 6.45) is 15.4. The van der Waals surface area contributed by atoms with Crippen LogP contribution in [-0.2, 0) is 0 Å². The first-order valence-electron chi connectivity index (χ1n) is 11.2. The summed E-state index contributed by atoms with van der Waals surface area (Å²) in [5.41, 5.74) is 4.03. The number of fused-ring (bicyclic) bond motifs is 3. The third-order valence-electron chi connectivity index (χ3n) is 8.74. The number of hydrogen-bond donors (Lipinski definition) is 0. The van der Waals surface area contributed by atoms with E-state index in [9.17, 15) is 0 Å². The van der Waals surface area contributed by atoms with Crippen molar-refractivity contribution in [1.82, 2.24) is 0 Å². The van der Waals surface area contributed by atoms with Gasteiger partial charge in [-0.2, -0.15) is 0 Å². The quantitative estimate of drug-likeness (QED) is 0.461. The fraction of sp³-hybridized carbons (Fsp3) is 0.800. The molecule has 0 saturated heterocycles. The van der Waals surface area contributed by atoms with Crippen molar-refractivity contribution in [3.8, 4) is 0 Å². The molecule has 0 aromatic carbocycles. The minimum atomic E-state index is 0.401. The maximum atomic E-state index is 4.84. The molecule has 0 bridgehead atoms. The third kappa shape index (κ3) is 3.04. The zero-order valence-corrected chi connectivity index (χ0v) is 18.0. The molecule has 3 fully saturated rings. The Hall–Kier alpha value is -0.850. The number of aliphatic imine (C=N–C) groups is 1. The van der Waals surface area contributed by atoms with Gasteiger partial charge in [0.1, 0.15) is 0 Å². The normalized spacial score (nSPS) is 44.7. The van der Waals surface area contributed by atoms with Crippen LogP contribution in [0.3, 0.4) is 0 Å². The van der Waals surface area contributed by atoms with Gasteiger partial charge in [0.05, 0.1) is 0 Å². The summed E-state index contributed by atoms with van der Waals surface area (Å²) in [5.74, 6) is 3.44. The predicted octanol–water partition coefficient (Wildman–Crippen LogP) is 7.24. The molecule has 0 amide bonds. The van der Waals surface area contributed by atoms with Crippen molar-refractivity contribution in [2.75, 3.05) is 6.54 Å². The standard InChI is InChI=1S/C25H41N/c1-7-10-19-11-12-20-22-14-13-21(18(4)26-9-3)25(22,6)17-15-23(20)24(19,5)16-8-2/h7,10,20-23H,1,8-9,11-17H2,2-6H3/b19-10-,26-18?. The van der Waals surface area contributed by atoms with Crippen molar-refractivity contribution in [3.05, 3.63) is 24.3 Å². The molecule has 0 aromatic rings. The van der Waals surface area contributed by atoms with Crippen LogP contribution in [0.4, 0.5) is 0 Å². The Kier molecular flexibility index (Phi) is 5.85. The van der Waals surface area contributed by atoms with Crippen LogP contribution >= 0.6 is 0 Å². The van der Waals surface area contributed by atoms with E-state index >= 15 is 0 Å². The van der Waals surface area contributed by atoms with Crippen LogP contribution in [0.15, 0.2) is 29.3 Å². The van der Waals surface area contributed by atoms with Crippen LogP contribution in [0.25, 0.3) is 0 Å². The lowest BCUT2D eigenvalue weighted by molar-refractivity contribution is -0.0408. The summed E-state index contributed by atoms with van der Waals surface area (Å²) in [7, 11) is 0. The zero-order valence-electron chi connectivity index (χ0n) is 18.0. The van der Waals surface area contributed by atoms with Gasteiger partial charge < -0.3 is 0 Å². The van der Waals surface area contributed by atoms with Crippen LogP contribution in [0, 0.1) is 34.5 Å². The van der Waals surface area contributed by atoms with Crippen molar-refractivity contribution in [2.24, 2.45) is 39.5 Å². The smallest absolute Gasteiger partial charge is 0.0360 e. The van der Waals surface area contributed by atoms with Crippen molar-refractivity contribution < 1.29 is 0 Å². The minimum absolute atomic E-state index is 0.401. The van der Waals surface area contributed by atoms with Crippen LogP contribution in [0.2, 0.25) is 0 Å². The van der Waals surface area contributed by atoms with Gasteiger partial charge in [-0.3, -0.25) is 4.99 Å². The summed E-state index contributed by atoms with van der Waals surface area (Å²) in [6.45, 7) is 17.0. The Labute approximate surface area is 162 Å². The van der Waals surface area contributed by atoms with E-state index in [1.54, 1.807) is 5.57 Å². The first kappa shape index (κ1) is 19.9. The lowest BCUT2D eigenvalue weighted by Gasteiger charge is -2.57. The summed E-state index contributed by atoms with van der Waals surface area (Å²) < 4.78 is 0. The topological polar surface area (TPSA) is 12.4 Å². The highest BCUT2D eigenvalue weighted by Gasteiger charge is 2.58. The first-order chi connectivity index (χ1) is 12.4. The SMILES string of the molecule is C=C/C=C1/CCC2C(CCC3(C)C(C(C)=NCC)CCC23)C1(C)CCC. The maximum absolute atomic E-state index is 4.84. The van der Waals surface area contributed by atoms with Gasteiger partial charge >= 0.3 is 0 Å². The van der Waals surface area contributed by atoms with E-state index in [4.69, 9.17) is 4.99 Å². The molecule has 6 atom stereocenters. The molecule has 26 heavy (non-hydrogen) atoms. The fourth-order valence-corrected chi connectivity index (χ4v) is 7.65. The van der Waals surface area contributed by atoms with E-state index in [2.05, 4.69) is 47.3 Å². The minimum Gasteiger partial charge on any atom is -0.294 e. The highest BCUT2D eigenvalue weighted by molar-refractivity contribution is 5.85. The van der Waals surface area contributed by atoms with E-state index < -0.39 is 0 Å². The molecule has 0 spiro atoms. The van der Waals surface area contributed by atoms with E-state index in [1.807, 2.05) is 6.08 Å². The number of allylic oxidation sites excluding steroid dienone is 3. The summed E-state index contributed by atoms with van der Waals surface area (Å²) in [6, 6.07) is 0. The lowest BCUT2D eigenvalue weighted by Crippen LogP contribution is -2.50. The van der Waals surface area contributed by atoms with Crippen LogP contribution in [-0.4, -0.2) is 12.3 Å². The molecule has 0 aromatic heterocycles. The van der Waals surface area contributed by atoms with Crippen LogP contribution in [0.1, 0.15) is 86.0 Å². The molecular formula is C25H41N. The number of hydrogen-bond acceptors (Lipinski definition) is 1. The Morgan fingerprint density at radius 3 is 2.58 bits per heavy atom. The van der Waals surface area contributed by atoms with Crippen LogP contribution in [0.5, 0.6) is 0 Å². The molecule has 6 unspecified atom stereocenters. The summed E-state index contributed by atoms with van der Waals surface area (Å²) in [4.78, 5) is 4.84. The van der Waals surface area contributed by atoms with Gasteiger partial charge in [0, 0.05) is 18.2 Å². The molecule has 146 valence electrons. The summed E-state index contributed by atoms with van der Waals surface area (Å²) >= 11 is 0. The van der Waals surface area contributed by atoms with E-state index in [-0.39, 0.29) is 0 Å². The zero-order chi connectivity index (χ0) is 18.9. The van der Waals surface area contributed by atoms with Gasteiger partial charge in [-0.15, -0.1) is 0 Å². The molecule has 1 heteroatoms. The second-order valence-electron chi connectivity index (χ2n) is 9.80. The molecule has 0 heterocycles. The Balaban J connectivity index is 1.91. The fourth-order valence-electron chi connectivity index (χ4n) is 7.65. The monoisotopic (exact) mass is 355 g/mol. The van der Waals surface area contributed by atoms with Gasteiger partial charge in [0.25, 0.3) is 0 Å². The Morgan fingerprint density at radius 1 is 1.15 bits per heavy atom. The average Bonchev–Trinajstić information content (AvgIpc) is 2.95. The van der Waals surface area contributed by atoms with Gasteiger partial charge in [0.2, 0.25) is 0 Å². The first-order valence-corrected chi connectivity index (χ1v) is 11.2. The van der Waals surface area contributed by atoms with Gasteiger partial charge in [-0.05, 0) is 87.4 Å². The molecule has 0 N–H and O–H groups in total. The van der Waals surface area contributed by atoms with Crippen molar-refractivity contribution in [2.45, 2.75) is 86.0 Å². The van der Waals surface area contributed by atoms with Crippen LogP contribution < -0.4 is 0 Å². The third-order valence-corrected chi connectivity index (χ3v) is 8.74. The van der Waals surface area contributed by atoms with E-state index in [0.29, 0.717) is 10.8 Å². The van der Waals surface area contributed by atoms with E-state index in [0.717, 1.165) is 30.2 Å². The summed E-state index contributed by atoms with van der Waals surface area (Å²) in [5, 5.41) is 0. The largest absolute Gasteiger partial charge is 0.294 e. The molecule has 3 aliphatic rings. The molecule has 3 aliphatic carbocycles. The molecule has 0 radical (unpaired) electrons. The lowest BCUT2D eigenvalue weighted by atomic mass is 9.47. The molecule has 1 nitrogen and oxygen atoms in total. The highest BCUT2D eigenvalue weighted by Crippen LogP contribution is 2.66. The molecule has 3 saturated carbocycles. The van der Waals surface area contributed by atoms with Crippen molar-refractivity contribution in [3.63, 3.8) is 0 Å². The van der Waals surface area contributed by atoms with E-state index in [1.165, 1.54) is 57.1 Å². The molecule has 3 rings (SSSR count). The van der Waals surface area contributed by atoms with Crippen molar-refractivity contribution >= 4 is 5.71 Å². The number of rotatable bonds is 5. The van der Waals surface area contributed by atoms with Gasteiger partial charge in [-0.25, -0.2) is 0 Å². The number of nitrogens with zero attached hydrogens (tertiary/aromatic N) is 1. The van der Waals surface area contributed by atoms with Crippen molar-refractivity contribution in [1.29, 1.82) is 0 Å². The predicted molar refractivity (Wildman–Crippen MR) is 115 cm³/mol. The highest BCUT2D eigenvalue weighted by atomic mass is 14.7. The second-order valence-corrected chi connectivity index (χ2v) is 9.80. The Morgan fingerprint density at radius 2 is 1.92 bits per heavy atom. The van der Waals surface area contributed by atoms with Gasteiger partial charge in [-0.1, -0.05) is 51.5 Å². The molecule has 0 aliphatic heterocycles.